The Morgan fingerprint density at radius 1 is 1.53 bits per heavy atom. The van der Waals surface area contributed by atoms with Crippen LogP contribution in [0.15, 0.2) is 18.2 Å². The zero-order valence-electron chi connectivity index (χ0n) is 8.85. The fourth-order valence-corrected chi connectivity index (χ4v) is 2.84. The first kappa shape index (κ1) is 14.9. The Hall–Kier alpha value is -0.130. The molecule has 1 rings (SSSR count). The van der Waals surface area contributed by atoms with Crippen molar-refractivity contribution in [2.45, 2.75) is 17.8 Å². The van der Waals surface area contributed by atoms with Gasteiger partial charge in [0.15, 0.2) is 0 Å². The number of carbonyl (C=O) groups is 1. The highest BCUT2D eigenvalue weighted by molar-refractivity contribution is 9.10. The molecule has 0 fully saturated rings. The van der Waals surface area contributed by atoms with Crippen LogP contribution in [0.3, 0.4) is 0 Å². The van der Waals surface area contributed by atoms with Gasteiger partial charge in [-0.1, -0.05) is 49.5 Å². The third-order valence-corrected chi connectivity index (χ3v) is 3.72. The first-order chi connectivity index (χ1) is 8.04. The van der Waals surface area contributed by atoms with Gasteiger partial charge in [-0.2, -0.15) is 0 Å². The van der Waals surface area contributed by atoms with Crippen LogP contribution in [-0.2, 0) is 11.3 Å². The van der Waals surface area contributed by atoms with Crippen LogP contribution in [0, 0.1) is 5.82 Å². The normalized spacial score (nSPS) is 12.2. The van der Waals surface area contributed by atoms with Crippen molar-refractivity contribution in [3.05, 3.63) is 34.6 Å². The molecule has 0 unspecified atom stereocenters. The maximum Gasteiger partial charge on any atom is 0.234 e. The van der Waals surface area contributed by atoms with Crippen molar-refractivity contribution in [2.75, 3.05) is 5.33 Å². The average Bonchev–Trinajstić information content (AvgIpc) is 2.30. The molecule has 0 saturated heterocycles. The van der Waals surface area contributed by atoms with Gasteiger partial charge in [0, 0.05) is 11.9 Å². The number of amides is 1. The average molecular weight is 387 g/mol. The molecule has 0 aromatic heterocycles. The largest absolute Gasteiger partial charge is 0.351 e. The second-order valence-electron chi connectivity index (χ2n) is 3.41. The number of halogens is 4. The molecule has 0 bridgehead atoms. The molecule has 0 saturated carbocycles. The molecular formula is C11H11Br2ClFNO. The summed E-state index contributed by atoms with van der Waals surface area (Å²) < 4.78 is 12.9. The summed E-state index contributed by atoms with van der Waals surface area (Å²) in [6.07, 6.45) is 0.704. The monoisotopic (exact) mass is 385 g/mol. The minimum Gasteiger partial charge on any atom is -0.351 e. The molecule has 0 heterocycles. The zero-order chi connectivity index (χ0) is 12.8. The Morgan fingerprint density at radius 2 is 2.24 bits per heavy atom. The van der Waals surface area contributed by atoms with Gasteiger partial charge in [-0.3, -0.25) is 4.79 Å². The second kappa shape index (κ2) is 7.34. The lowest BCUT2D eigenvalue weighted by Crippen LogP contribution is -2.30. The zero-order valence-corrected chi connectivity index (χ0v) is 12.8. The summed E-state index contributed by atoms with van der Waals surface area (Å²) in [7, 11) is 0. The first-order valence-electron chi connectivity index (χ1n) is 4.96. The van der Waals surface area contributed by atoms with Crippen molar-refractivity contribution in [3.8, 4) is 0 Å². The van der Waals surface area contributed by atoms with Crippen molar-refractivity contribution in [2.24, 2.45) is 0 Å². The van der Waals surface area contributed by atoms with Gasteiger partial charge in [0.1, 0.15) is 5.82 Å². The molecule has 0 aliphatic carbocycles. The highest BCUT2D eigenvalue weighted by Crippen LogP contribution is 2.16. The van der Waals surface area contributed by atoms with Crippen LogP contribution in [0.4, 0.5) is 4.39 Å². The first-order valence-corrected chi connectivity index (χ1v) is 7.37. The molecule has 0 spiro atoms. The third kappa shape index (κ3) is 4.94. The van der Waals surface area contributed by atoms with Gasteiger partial charge in [-0.15, -0.1) is 0 Å². The number of benzene rings is 1. The smallest absolute Gasteiger partial charge is 0.234 e. The molecule has 0 aliphatic heterocycles. The highest BCUT2D eigenvalue weighted by Gasteiger charge is 2.13. The molecule has 0 radical (unpaired) electrons. The third-order valence-electron chi connectivity index (χ3n) is 2.10. The Bertz CT molecular complexity index is 403. The van der Waals surface area contributed by atoms with E-state index in [0.29, 0.717) is 13.0 Å². The molecule has 17 heavy (non-hydrogen) atoms. The maximum atomic E-state index is 12.9. The van der Waals surface area contributed by atoms with E-state index >= 15 is 0 Å². The van der Waals surface area contributed by atoms with Crippen LogP contribution in [0.2, 0.25) is 5.02 Å². The lowest BCUT2D eigenvalue weighted by molar-refractivity contribution is -0.120. The van der Waals surface area contributed by atoms with E-state index in [0.717, 1.165) is 10.9 Å². The number of hydrogen-bond acceptors (Lipinski definition) is 1. The predicted molar refractivity (Wildman–Crippen MR) is 74.4 cm³/mol. The minimum absolute atomic E-state index is 0.0626. The Labute approximate surface area is 121 Å². The highest BCUT2D eigenvalue weighted by atomic mass is 79.9. The van der Waals surface area contributed by atoms with Crippen LogP contribution in [0.5, 0.6) is 0 Å². The molecule has 1 aromatic rings. The Kier molecular flexibility index (Phi) is 6.44. The van der Waals surface area contributed by atoms with E-state index in [1.807, 2.05) is 0 Å². The fraction of sp³-hybridized carbons (Fsp3) is 0.364. The van der Waals surface area contributed by atoms with Gasteiger partial charge >= 0.3 is 0 Å². The number of carbonyl (C=O) groups excluding carboxylic acids is 1. The number of nitrogens with one attached hydrogen (secondary N) is 1. The molecule has 6 heteroatoms. The molecule has 2 nitrogen and oxygen atoms in total. The van der Waals surface area contributed by atoms with E-state index in [9.17, 15) is 9.18 Å². The van der Waals surface area contributed by atoms with E-state index < -0.39 is 5.82 Å². The van der Waals surface area contributed by atoms with Gasteiger partial charge in [0.25, 0.3) is 0 Å². The summed E-state index contributed by atoms with van der Waals surface area (Å²) in [5.41, 5.74) is 0.767. The Morgan fingerprint density at radius 3 is 2.82 bits per heavy atom. The summed E-state index contributed by atoms with van der Waals surface area (Å²) >= 11 is 12.2. The maximum absolute atomic E-state index is 12.9. The van der Waals surface area contributed by atoms with E-state index in [-0.39, 0.29) is 15.8 Å². The molecule has 1 aromatic carbocycles. The summed E-state index contributed by atoms with van der Waals surface area (Å²) in [5, 5.41) is 3.55. The summed E-state index contributed by atoms with van der Waals surface area (Å²) in [5.74, 6) is -0.552. The molecule has 94 valence electrons. The SMILES string of the molecule is O=C(NCc1ccc(F)c(Cl)c1)[C@@H](Br)CCBr. The summed E-state index contributed by atoms with van der Waals surface area (Å²) in [4.78, 5) is 11.3. The quantitative estimate of drug-likeness (QED) is 0.768. The lowest BCUT2D eigenvalue weighted by atomic mass is 10.2. The van der Waals surface area contributed by atoms with E-state index in [4.69, 9.17) is 11.6 Å². The van der Waals surface area contributed by atoms with Gasteiger partial charge < -0.3 is 5.32 Å². The molecular weight excluding hydrogens is 376 g/mol. The van der Waals surface area contributed by atoms with Crippen molar-refractivity contribution in [3.63, 3.8) is 0 Å². The van der Waals surface area contributed by atoms with E-state index in [1.54, 1.807) is 6.07 Å². The molecule has 1 atom stereocenters. The van der Waals surface area contributed by atoms with Crippen molar-refractivity contribution in [1.82, 2.24) is 5.32 Å². The summed E-state index contributed by atoms with van der Waals surface area (Å²) in [6, 6.07) is 4.38. The van der Waals surface area contributed by atoms with Crippen LogP contribution < -0.4 is 5.32 Å². The van der Waals surface area contributed by atoms with Crippen LogP contribution >= 0.6 is 43.5 Å². The molecule has 1 amide bonds. The Balaban J connectivity index is 2.50. The van der Waals surface area contributed by atoms with Gasteiger partial charge in [0.2, 0.25) is 5.91 Å². The molecule has 1 N–H and O–H groups in total. The van der Waals surface area contributed by atoms with E-state index in [2.05, 4.69) is 37.2 Å². The number of alkyl halides is 2. The van der Waals surface area contributed by atoms with Crippen molar-refractivity contribution < 1.29 is 9.18 Å². The van der Waals surface area contributed by atoms with Crippen molar-refractivity contribution >= 4 is 49.4 Å². The standard InChI is InChI=1S/C11H11Br2ClFNO/c12-4-3-8(13)11(17)16-6-7-1-2-10(15)9(14)5-7/h1-2,5,8H,3-4,6H2,(H,16,17)/t8-/m0/s1. The molecule has 0 aliphatic rings. The predicted octanol–water partition coefficient (Wildman–Crippen LogP) is 3.64. The minimum atomic E-state index is -0.459. The second-order valence-corrected chi connectivity index (χ2v) is 5.72. The fourth-order valence-electron chi connectivity index (χ4n) is 1.18. The summed E-state index contributed by atoms with van der Waals surface area (Å²) in [6.45, 7) is 0.337. The van der Waals surface area contributed by atoms with Gasteiger partial charge in [-0.05, 0) is 24.1 Å². The van der Waals surface area contributed by atoms with Gasteiger partial charge in [0.05, 0.1) is 9.85 Å². The van der Waals surface area contributed by atoms with Crippen molar-refractivity contribution in [1.29, 1.82) is 0 Å². The lowest BCUT2D eigenvalue weighted by Gasteiger charge is -2.09. The van der Waals surface area contributed by atoms with Crippen LogP contribution in [-0.4, -0.2) is 16.1 Å². The van der Waals surface area contributed by atoms with Crippen LogP contribution in [0.25, 0.3) is 0 Å². The van der Waals surface area contributed by atoms with Crippen LogP contribution in [0.1, 0.15) is 12.0 Å². The van der Waals surface area contributed by atoms with E-state index in [1.165, 1.54) is 12.1 Å². The van der Waals surface area contributed by atoms with Gasteiger partial charge in [-0.25, -0.2) is 4.39 Å². The number of hydrogen-bond donors (Lipinski definition) is 1. The topological polar surface area (TPSA) is 29.1 Å². The number of rotatable bonds is 5.